The van der Waals surface area contributed by atoms with Crippen LogP contribution in [0.2, 0.25) is 0 Å². The van der Waals surface area contributed by atoms with Crippen LogP contribution in [0.4, 0.5) is 11.6 Å². The molecule has 6 heteroatoms. The number of nitrogen functional groups attached to an aromatic ring is 1. The van der Waals surface area contributed by atoms with Crippen molar-refractivity contribution < 1.29 is 5.11 Å². The normalized spacial score (nSPS) is 10.1. The van der Waals surface area contributed by atoms with Crippen molar-refractivity contribution in [1.29, 1.82) is 0 Å². The topological polar surface area (TPSA) is 87.0 Å². The first-order valence-corrected chi connectivity index (χ1v) is 5.42. The molecule has 0 fully saturated rings. The summed E-state index contributed by atoms with van der Waals surface area (Å²) in [5, 5.41) is 12.3. The standard InChI is InChI=1S/C11H12N4OS/c12-10-11(15-9(17)6-13-10)14-5-7-1-3-8(16)4-2-7/h1-4,6,16H,5H2,(H2,12,13)(H2,14,15,17). The highest BCUT2D eigenvalue weighted by Gasteiger charge is 2.00. The minimum atomic E-state index is 0.244. The lowest BCUT2D eigenvalue weighted by atomic mass is 10.2. The maximum atomic E-state index is 9.15. The Kier molecular flexibility index (Phi) is 3.24. The Morgan fingerprint density at radius 3 is 2.76 bits per heavy atom. The molecule has 0 bridgehead atoms. The van der Waals surface area contributed by atoms with E-state index in [9.17, 15) is 0 Å². The molecule has 1 aromatic heterocycles. The predicted molar refractivity (Wildman–Crippen MR) is 69.3 cm³/mol. The van der Waals surface area contributed by atoms with Gasteiger partial charge in [-0.2, -0.15) is 0 Å². The molecule has 5 nitrogen and oxygen atoms in total. The molecule has 0 unspecified atom stereocenters. The van der Waals surface area contributed by atoms with Crippen LogP contribution >= 0.6 is 12.2 Å². The second-order valence-electron chi connectivity index (χ2n) is 3.53. The van der Waals surface area contributed by atoms with Gasteiger partial charge in [0.15, 0.2) is 5.82 Å². The number of aromatic hydroxyl groups is 1. The molecule has 0 radical (unpaired) electrons. The number of aromatic amines is 1. The van der Waals surface area contributed by atoms with Gasteiger partial charge in [-0.3, -0.25) is 0 Å². The van der Waals surface area contributed by atoms with E-state index < -0.39 is 0 Å². The number of rotatable bonds is 3. The Balaban J connectivity index is 2.09. The van der Waals surface area contributed by atoms with Crippen LogP contribution in [0.1, 0.15) is 5.56 Å². The van der Waals surface area contributed by atoms with Gasteiger partial charge in [-0.1, -0.05) is 24.4 Å². The van der Waals surface area contributed by atoms with Crippen LogP contribution in [0.3, 0.4) is 0 Å². The Morgan fingerprint density at radius 2 is 2.06 bits per heavy atom. The molecule has 0 saturated carbocycles. The number of phenols is 1. The van der Waals surface area contributed by atoms with E-state index in [1.807, 2.05) is 12.1 Å². The molecule has 17 heavy (non-hydrogen) atoms. The van der Waals surface area contributed by atoms with E-state index in [1.165, 1.54) is 6.20 Å². The first-order chi connectivity index (χ1) is 8.15. The quantitative estimate of drug-likeness (QED) is 0.624. The van der Waals surface area contributed by atoms with Crippen LogP contribution < -0.4 is 11.1 Å². The summed E-state index contributed by atoms with van der Waals surface area (Å²) < 4.78 is 0.521. The Bertz CT molecular complexity index is 564. The second kappa shape index (κ2) is 4.84. The van der Waals surface area contributed by atoms with Crippen LogP contribution in [0.5, 0.6) is 5.75 Å². The van der Waals surface area contributed by atoms with E-state index in [1.54, 1.807) is 12.1 Å². The highest BCUT2D eigenvalue weighted by molar-refractivity contribution is 7.71. The van der Waals surface area contributed by atoms with E-state index >= 15 is 0 Å². The summed E-state index contributed by atoms with van der Waals surface area (Å²) in [4.78, 5) is 6.87. The molecule has 0 aliphatic heterocycles. The van der Waals surface area contributed by atoms with Crippen molar-refractivity contribution in [3.8, 4) is 5.75 Å². The van der Waals surface area contributed by atoms with Crippen LogP contribution in [0.15, 0.2) is 30.5 Å². The molecule has 0 spiro atoms. The van der Waals surface area contributed by atoms with Gasteiger partial charge in [0.25, 0.3) is 0 Å². The Morgan fingerprint density at radius 1 is 1.35 bits per heavy atom. The van der Waals surface area contributed by atoms with Gasteiger partial charge in [0.2, 0.25) is 0 Å². The molecule has 0 saturated heterocycles. The fourth-order valence-electron chi connectivity index (χ4n) is 1.35. The van der Waals surface area contributed by atoms with Gasteiger partial charge >= 0.3 is 0 Å². The molecule has 0 aliphatic carbocycles. The smallest absolute Gasteiger partial charge is 0.164 e. The van der Waals surface area contributed by atoms with Crippen LogP contribution in [0, 0.1) is 4.64 Å². The molecule has 1 heterocycles. The third kappa shape index (κ3) is 2.94. The lowest BCUT2D eigenvalue weighted by molar-refractivity contribution is 0.475. The largest absolute Gasteiger partial charge is 0.508 e. The fraction of sp³-hybridized carbons (Fsp3) is 0.0909. The maximum absolute atomic E-state index is 9.15. The predicted octanol–water partition coefficient (Wildman–Crippen LogP) is 2.04. The summed E-state index contributed by atoms with van der Waals surface area (Å²) in [7, 11) is 0. The lowest BCUT2D eigenvalue weighted by Crippen LogP contribution is -2.05. The number of hydrogen-bond acceptors (Lipinski definition) is 5. The Labute approximate surface area is 103 Å². The molecule has 2 rings (SSSR count). The first kappa shape index (κ1) is 11.4. The molecule has 0 amide bonds. The van der Waals surface area contributed by atoms with Gasteiger partial charge < -0.3 is 21.1 Å². The van der Waals surface area contributed by atoms with Crippen LogP contribution in [-0.4, -0.2) is 15.1 Å². The number of aromatic nitrogens is 2. The van der Waals surface area contributed by atoms with Crippen molar-refractivity contribution in [2.24, 2.45) is 0 Å². The van der Waals surface area contributed by atoms with Crippen molar-refractivity contribution in [1.82, 2.24) is 9.97 Å². The minimum absolute atomic E-state index is 0.244. The average Bonchev–Trinajstić information content (AvgIpc) is 2.32. The van der Waals surface area contributed by atoms with Crippen molar-refractivity contribution in [2.75, 3.05) is 11.1 Å². The van der Waals surface area contributed by atoms with Gasteiger partial charge in [-0.05, 0) is 17.7 Å². The number of H-pyrrole nitrogens is 1. The third-order valence-electron chi connectivity index (χ3n) is 2.23. The maximum Gasteiger partial charge on any atom is 0.164 e. The molecule has 0 atom stereocenters. The molecule has 88 valence electrons. The summed E-state index contributed by atoms with van der Waals surface area (Å²) in [6.07, 6.45) is 1.50. The summed E-state index contributed by atoms with van der Waals surface area (Å²) in [5.41, 5.74) is 6.71. The van der Waals surface area contributed by atoms with Gasteiger partial charge in [0.1, 0.15) is 16.2 Å². The zero-order valence-corrected chi connectivity index (χ0v) is 9.79. The number of nitrogens with two attached hydrogens (primary N) is 1. The number of nitrogens with zero attached hydrogens (tertiary/aromatic N) is 1. The third-order valence-corrected chi connectivity index (χ3v) is 2.44. The fourth-order valence-corrected chi connectivity index (χ4v) is 1.51. The first-order valence-electron chi connectivity index (χ1n) is 5.02. The van der Waals surface area contributed by atoms with E-state index in [2.05, 4.69) is 15.3 Å². The van der Waals surface area contributed by atoms with E-state index in [0.29, 0.717) is 22.8 Å². The SMILES string of the molecule is Nc1ncc(=S)[nH]c1NCc1ccc(O)cc1. The van der Waals surface area contributed by atoms with E-state index in [-0.39, 0.29) is 5.75 Å². The van der Waals surface area contributed by atoms with Crippen LogP contribution in [0.25, 0.3) is 0 Å². The summed E-state index contributed by atoms with van der Waals surface area (Å²) in [5.74, 6) is 1.22. The number of phenolic OH excluding ortho intramolecular Hbond substituents is 1. The zero-order chi connectivity index (χ0) is 12.3. The van der Waals surface area contributed by atoms with Crippen LogP contribution in [-0.2, 0) is 6.54 Å². The monoisotopic (exact) mass is 248 g/mol. The van der Waals surface area contributed by atoms with Gasteiger partial charge in [0, 0.05) is 6.54 Å². The summed E-state index contributed by atoms with van der Waals surface area (Å²) in [6.45, 7) is 0.571. The molecule has 5 N–H and O–H groups in total. The Hall–Kier alpha value is -2.08. The number of hydrogen-bond donors (Lipinski definition) is 4. The molecular weight excluding hydrogens is 236 g/mol. The van der Waals surface area contributed by atoms with Gasteiger partial charge in [0.05, 0.1) is 6.20 Å². The number of nitrogens with one attached hydrogen (secondary N) is 2. The highest BCUT2D eigenvalue weighted by Crippen LogP contribution is 2.14. The second-order valence-corrected chi connectivity index (χ2v) is 3.97. The minimum Gasteiger partial charge on any atom is -0.508 e. The average molecular weight is 248 g/mol. The van der Waals surface area contributed by atoms with E-state index in [0.717, 1.165) is 5.56 Å². The molecular formula is C11H12N4OS. The summed E-state index contributed by atoms with van der Waals surface area (Å²) in [6, 6.07) is 6.91. The van der Waals surface area contributed by atoms with Crippen molar-refractivity contribution in [3.63, 3.8) is 0 Å². The lowest BCUT2D eigenvalue weighted by Gasteiger charge is -2.08. The zero-order valence-electron chi connectivity index (χ0n) is 8.97. The number of benzene rings is 1. The molecule has 2 aromatic rings. The molecule has 0 aliphatic rings. The highest BCUT2D eigenvalue weighted by atomic mass is 32.1. The summed E-state index contributed by atoms with van der Waals surface area (Å²) >= 11 is 4.96. The van der Waals surface area contributed by atoms with E-state index in [4.69, 9.17) is 23.1 Å². The van der Waals surface area contributed by atoms with Gasteiger partial charge in [-0.15, -0.1) is 0 Å². The van der Waals surface area contributed by atoms with Gasteiger partial charge in [-0.25, -0.2) is 4.98 Å². The molecule has 1 aromatic carbocycles. The number of anilines is 2. The van der Waals surface area contributed by atoms with Crippen molar-refractivity contribution in [2.45, 2.75) is 6.54 Å². The van der Waals surface area contributed by atoms with Crippen molar-refractivity contribution >= 4 is 23.9 Å². The van der Waals surface area contributed by atoms with Crippen molar-refractivity contribution in [3.05, 3.63) is 40.7 Å².